The van der Waals surface area contributed by atoms with Gasteiger partial charge in [0.15, 0.2) is 0 Å². The van der Waals surface area contributed by atoms with Crippen molar-refractivity contribution in [3.8, 4) is 0 Å². The van der Waals surface area contributed by atoms with Crippen LogP contribution in [-0.2, 0) is 16.6 Å². The molecular weight excluding hydrogens is 296 g/mol. The standard InChI is InChI=1S/C17H24N2O2S/c1-19(22(2,20)21)17-7-4-13(5-8-17)11-18-12-16-10-14-3-6-15(16)9-14/h3-8,14-16,18H,9-12H2,1-2H3. The predicted octanol–water partition coefficient (Wildman–Crippen LogP) is 2.38. The molecule has 4 nitrogen and oxygen atoms in total. The van der Waals surface area contributed by atoms with Gasteiger partial charge in [0.25, 0.3) is 0 Å². The van der Waals surface area contributed by atoms with Crippen molar-refractivity contribution >= 4 is 15.7 Å². The highest BCUT2D eigenvalue weighted by molar-refractivity contribution is 7.92. The Morgan fingerprint density at radius 1 is 1.18 bits per heavy atom. The Balaban J connectivity index is 1.50. The van der Waals surface area contributed by atoms with Gasteiger partial charge in [-0.25, -0.2) is 8.42 Å². The number of benzene rings is 1. The minimum atomic E-state index is -3.19. The van der Waals surface area contributed by atoms with Crippen molar-refractivity contribution in [2.75, 3.05) is 24.2 Å². The van der Waals surface area contributed by atoms with Gasteiger partial charge in [-0.3, -0.25) is 4.31 Å². The van der Waals surface area contributed by atoms with E-state index in [1.807, 2.05) is 24.3 Å². The fourth-order valence-corrected chi connectivity index (χ4v) is 4.05. The number of fused-ring (bicyclic) bond motifs is 2. The van der Waals surface area contributed by atoms with E-state index < -0.39 is 10.0 Å². The monoisotopic (exact) mass is 320 g/mol. The van der Waals surface area contributed by atoms with Gasteiger partial charge in [-0.05, 0) is 54.8 Å². The molecule has 1 fully saturated rings. The third kappa shape index (κ3) is 3.36. The van der Waals surface area contributed by atoms with Crippen LogP contribution in [0, 0.1) is 17.8 Å². The molecular formula is C17H24N2O2S. The summed E-state index contributed by atoms with van der Waals surface area (Å²) in [6.45, 7) is 1.90. The first-order valence-electron chi connectivity index (χ1n) is 7.85. The normalized spacial score (nSPS) is 26.5. The third-order valence-corrected chi connectivity index (χ3v) is 6.16. The number of nitrogens with one attached hydrogen (secondary N) is 1. The predicted molar refractivity (Wildman–Crippen MR) is 90.2 cm³/mol. The molecule has 1 aromatic carbocycles. The van der Waals surface area contributed by atoms with Crippen molar-refractivity contribution in [1.82, 2.24) is 5.32 Å². The lowest BCUT2D eigenvalue weighted by molar-refractivity contribution is 0.414. The lowest BCUT2D eigenvalue weighted by Gasteiger charge is -2.19. The van der Waals surface area contributed by atoms with Crippen molar-refractivity contribution in [2.45, 2.75) is 19.4 Å². The Morgan fingerprint density at radius 3 is 2.45 bits per heavy atom. The number of sulfonamides is 1. The Kier molecular flexibility index (Phi) is 4.28. The largest absolute Gasteiger partial charge is 0.312 e. The van der Waals surface area contributed by atoms with Crippen molar-refractivity contribution in [2.24, 2.45) is 17.8 Å². The molecule has 3 rings (SSSR count). The Bertz CT molecular complexity index is 652. The highest BCUT2D eigenvalue weighted by Crippen LogP contribution is 2.42. The Labute approximate surface area is 133 Å². The minimum absolute atomic E-state index is 0.699. The van der Waals surface area contributed by atoms with Crippen molar-refractivity contribution in [1.29, 1.82) is 0 Å². The summed E-state index contributed by atoms with van der Waals surface area (Å²) >= 11 is 0. The second-order valence-electron chi connectivity index (χ2n) is 6.57. The fraction of sp³-hybridized carbons (Fsp3) is 0.529. The maximum Gasteiger partial charge on any atom is 0.231 e. The smallest absolute Gasteiger partial charge is 0.231 e. The Hall–Kier alpha value is -1.33. The van der Waals surface area contributed by atoms with Gasteiger partial charge in [-0.15, -0.1) is 0 Å². The zero-order valence-corrected chi connectivity index (χ0v) is 14.0. The molecule has 0 radical (unpaired) electrons. The van der Waals surface area contributed by atoms with Crippen LogP contribution < -0.4 is 9.62 Å². The van der Waals surface area contributed by atoms with E-state index in [0.717, 1.165) is 30.8 Å². The lowest BCUT2D eigenvalue weighted by Crippen LogP contribution is -2.25. The van der Waals surface area contributed by atoms with Crippen LogP contribution in [0.5, 0.6) is 0 Å². The maximum absolute atomic E-state index is 11.5. The SMILES string of the molecule is CN(c1ccc(CNCC2CC3C=CC2C3)cc1)S(C)(=O)=O. The molecule has 5 heteroatoms. The van der Waals surface area contributed by atoms with Crippen LogP contribution in [0.15, 0.2) is 36.4 Å². The average molecular weight is 320 g/mol. The molecule has 1 N–H and O–H groups in total. The van der Waals surface area contributed by atoms with E-state index >= 15 is 0 Å². The lowest BCUT2D eigenvalue weighted by atomic mass is 9.93. The molecule has 0 amide bonds. The summed E-state index contributed by atoms with van der Waals surface area (Å²) < 4.78 is 24.3. The number of nitrogens with zero attached hydrogens (tertiary/aromatic N) is 1. The van der Waals surface area contributed by atoms with Crippen LogP contribution in [-0.4, -0.2) is 28.3 Å². The summed E-state index contributed by atoms with van der Waals surface area (Å²) in [4.78, 5) is 0. The van der Waals surface area contributed by atoms with Crippen molar-refractivity contribution < 1.29 is 8.42 Å². The number of hydrogen-bond donors (Lipinski definition) is 1. The first-order valence-corrected chi connectivity index (χ1v) is 9.70. The van der Waals surface area contributed by atoms with Gasteiger partial charge in [0.2, 0.25) is 10.0 Å². The molecule has 0 aliphatic heterocycles. The van der Waals surface area contributed by atoms with E-state index in [4.69, 9.17) is 0 Å². The van der Waals surface area contributed by atoms with Crippen LogP contribution in [0.25, 0.3) is 0 Å². The molecule has 3 unspecified atom stereocenters. The van der Waals surface area contributed by atoms with E-state index in [1.54, 1.807) is 7.05 Å². The van der Waals surface area contributed by atoms with E-state index in [9.17, 15) is 8.42 Å². The molecule has 120 valence electrons. The zero-order valence-electron chi connectivity index (χ0n) is 13.2. The fourth-order valence-electron chi connectivity index (χ4n) is 3.55. The molecule has 22 heavy (non-hydrogen) atoms. The van der Waals surface area contributed by atoms with Gasteiger partial charge >= 0.3 is 0 Å². The maximum atomic E-state index is 11.5. The molecule has 2 aliphatic rings. The van der Waals surface area contributed by atoms with Crippen LogP contribution in [0.3, 0.4) is 0 Å². The van der Waals surface area contributed by atoms with Gasteiger partial charge in [0.05, 0.1) is 11.9 Å². The molecule has 3 atom stereocenters. The van der Waals surface area contributed by atoms with E-state index in [1.165, 1.54) is 29.0 Å². The molecule has 0 spiro atoms. The summed E-state index contributed by atoms with van der Waals surface area (Å²) in [6, 6.07) is 7.70. The number of rotatable bonds is 6. The molecule has 1 saturated carbocycles. The van der Waals surface area contributed by atoms with Crippen molar-refractivity contribution in [3.63, 3.8) is 0 Å². The number of hydrogen-bond acceptors (Lipinski definition) is 3. The summed E-state index contributed by atoms with van der Waals surface area (Å²) in [7, 11) is -1.62. The summed E-state index contributed by atoms with van der Waals surface area (Å²) in [5.74, 6) is 2.39. The topological polar surface area (TPSA) is 49.4 Å². The van der Waals surface area contributed by atoms with Gasteiger partial charge in [0.1, 0.15) is 0 Å². The van der Waals surface area contributed by atoms with E-state index in [-0.39, 0.29) is 0 Å². The van der Waals surface area contributed by atoms with Crippen LogP contribution in [0.4, 0.5) is 5.69 Å². The average Bonchev–Trinajstić information content (AvgIpc) is 3.09. The third-order valence-electron chi connectivity index (χ3n) is 4.95. The summed E-state index contributed by atoms with van der Waals surface area (Å²) in [6.07, 6.45) is 8.64. The second kappa shape index (κ2) is 6.05. The molecule has 0 heterocycles. The highest BCUT2D eigenvalue weighted by atomic mass is 32.2. The minimum Gasteiger partial charge on any atom is -0.312 e. The first kappa shape index (κ1) is 15.6. The molecule has 0 aromatic heterocycles. The zero-order chi connectivity index (χ0) is 15.7. The van der Waals surface area contributed by atoms with Crippen LogP contribution >= 0.6 is 0 Å². The quantitative estimate of drug-likeness (QED) is 0.819. The summed E-state index contributed by atoms with van der Waals surface area (Å²) in [5.41, 5.74) is 1.88. The number of allylic oxidation sites excluding steroid dienone is 2. The van der Waals surface area contributed by atoms with Crippen LogP contribution in [0.1, 0.15) is 18.4 Å². The Morgan fingerprint density at radius 2 is 1.91 bits per heavy atom. The van der Waals surface area contributed by atoms with E-state index in [0.29, 0.717) is 5.69 Å². The van der Waals surface area contributed by atoms with Gasteiger partial charge in [-0.1, -0.05) is 24.3 Å². The van der Waals surface area contributed by atoms with Crippen LogP contribution in [0.2, 0.25) is 0 Å². The van der Waals surface area contributed by atoms with Gasteiger partial charge < -0.3 is 5.32 Å². The molecule has 2 bridgehead atoms. The summed E-state index contributed by atoms with van der Waals surface area (Å²) in [5, 5.41) is 3.54. The first-order chi connectivity index (χ1) is 10.4. The highest BCUT2D eigenvalue weighted by Gasteiger charge is 2.34. The van der Waals surface area contributed by atoms with Crippen molar-refractivity contribution in [3.05, 3.63) is 42.0 Å². The van der Waals surface area contributed by atoms with E-state index in [2.05, 4.69) is 17.5 Å². The van der Waals surface area contributed by atoms with Gasteiger partial charge in [-0.2, -0.15) is 0 Å². The number of anilines is 1. The molecule has 1 aromatic rings. The molecule has 2 aliphatic carbocycles. The second-order valence-corrected chi connectivity index (χ2v) is 8.58. The van der Waals surface area contributed by atoms with Gasteiger partial charge in [0, 0.05) is 13.6 Å². The molecule has 0 saturated heterocycles.